The smallest absolute Gasteiger partial charge is 0.272 e. The molecular formula is C14H16BrF2N3O2. The number of hydrogen-bond donors (Lipinski definition) is 1. The zero-order valence-corrected chi connectivity index (χ0v) is 13.8. The van der Waals surface area contributed by atoms with Gasteiger partial charge in [-0.15, -0.1) is 0 Å². The largest absolute Gasteiger partial charge is 0.331 e. The topological polar surface area (TPSA) is 54.5 Å². The van der Waals surface area contributed by atoms with Gasteiger partial charge in [-0.25, -0.2) is 13.8 Å². The molecule has 0 atom stereocenters. The molecule has 0 spiro atoms. The number of rotatable bonds is 3. The highest BCUT2D eigenvalue weighted by atomic mass is 79.9. The number of amides is 1. The van der Waals surface area contributed by atoms with Crippen LogP contribution in [0.2, 0.25) is 0 Å². The Morgan fingerprint density at radius 2 is 2.27 bits per heavy atom. The Bertz CT molecular complexity index is 690. The van der Waals surface area contributed by atoms with Gasteiger partial charge in [0, 0.05) is 28.9 Å². The molecule has 1 aromatic rings. The summed E-state index contributed by atoms with van der Waals surface area (Å²) in [4.78, 5) is 22.4. The maximum Gasteiger partial charge on any atom is 0.272 e. The van der Waals surface area contributed by atoms with E-state index in [2.05, 4.69) is 26.4 Å². The highest BCUT2D eigenvalue weighted by Crippen LogP contribution is 2.27. The lowest BCUT2D eigenvalue weighted by Gasteiger charge is -2.15. The molecule has 2 heterocycles. The number of pyridine rings is 1. The van der Waals surface area contributed by atoms with Crippen molar-refractivity contribution in [1.29, 1.82) is 0 Å². The third-order valence-corrected chi connectivity index (χ3v) is 3.64. The Morgan fingerprint density at radius 3 is 2.82 bits per heavy atom. The van der Waals surface area contributed by atoms with Crippen LogP contribution in [0.25, 0.3) is 10.7 Å². The lowest BCUT2D eigenvalue weighted by Crippen LogP contribution is -2.37. The molecule has 0 aromatic carbocycles. The minimum Gasteiger partial charge on any atom is -0.331 e. The molecule has 0 radical (unpaired) electrons. The van der Waals surface area contributed by atoms with Crippen molar-refractivity contribution in [3.8, 4) is 0 Å². The van der Waals surface area contributed by atoms with Crippen molar-refractivity contribution >= 4 is 32.5 Å². The van der Waals surface area contributed by atoms with Gasteiger partial charge in [0.1, 0.15) is 5.69 Å². The molecule has 2 rings (SSSR count). The van der Waals surface area contributed by atoms with Crippen LogP contribution in [0.1, 0.15) is 23.8 Å². The van der Waals surface area contributed by atoms with E-state index in [9.17, 15) is 13.6 Å². The van der Waals surface area contributed by atoms with E-state index in [4.69, 9.17) is 4.84 Å². The Kier molecular flexibility index (Phi) is 5.12. The van der Waals surface area contributed by atoms with Crippen molar-refractivity contribution in [1.82, 2.24) is 15.4 Å². The molecule has 0 aliphatic carbocycles. The molecule has 0 saturated carbocycles. The molecule has 1 saturated heterocycles. The lowest BCUT2D eigenvalue weighted by molar-refractivity contribution is 0.0119. The summed E-state index contributed by atoms with van der Waals surface area (Å²) >= 11 is 3.33. The summed E-state index contributed by atoms with van der Waals surface area (Å²) in [6.07, 6.45) is 1.28. The van der Waals surface area contributed by atoms with E-state index < -0.39 is 18.4 Å². The van der Waals surface area contributed by atoms with Crippen LogP contribution in [-0.2, 0) is 4.84 Å². The van der Waals surface area contributed by atoms with Gasteiger partial charge in [0.15, 0.2) is 0 Å². The number of hydroxylamine groups is 1. The summed E-state index contributed by atoms with van der Waals surface area (Å²) < 4.78 is 27.2. The van der Waals surface area contributed by atoms with Gasteiger partial charge in [0.05, 0.1) is 19.0 Å². The van der Waals surface area contributed by atoms with Crippen molar-refractivity contribution < 1.29 is 18.4 Å². The molecule has 0 bridgehead atoms. The zero-order valence-electron chi connectivity index (χ0n) is 12.2. The summed E-state index contributed by atoms with van der Waals surface area (Å²) in [5.74, 6) is -3.30. The molecule has 0 unspecified atom stereocenters. The summed E-state index contributed by atoms with van der Waals surface area (Å²) in [5, 5.41) is 1.25. The number of hydrogen-bond acceptors (Lipinski definition) is 4. The first-order valence-corrected chi connectivity index (χ1v) is 7.42. The van der Waals surface area contributed by atoms with Crippen molar-refractivity contribution in [2.75, 3.05) is 20.2 Å². The van der Waals surface area contributed by atoms with E-state index in [-0.39, 0.29) is 18.7 Å². The minimum absolute atomic E-state index is 0.0406. The normalized spacial score (nSPS) is 19.3. The Morgan fingerprint density at radius 1 is 1.55 bits per heavy atom. The van der Waals surface area contributed by atoms with Gasteiger partial charge in [-0.05, 0) is 19.1 Å². The van der Waals surface area contributed by atoms with Crippen LogP contribution in [-0.4, -0.2) is 41.9 Å². The number of halogens is 3. The first-order valence-electron chi connectivity index (χ1n) is 6.63. The fourth-order valence-electron chi connectivity index (χ4n) is 2.18. The summed E-state index contributed by atoms with van der Waals surface area (Å²) in [6.45, 7) is 1.27. The van der Waals surface area contributed by atoms with Crippen molar-refractivity contribution in [2.24, 2.45) is 0 Å². The fraction of sp³-hybridized carbons (Fsp3) is 0.429. The predicted molar refractivity (Wildman–Crippen MR) is 81.6 cm³/mol. The van der Waals surface area contributed by atoms with E-state index >= 15 is 0 Å². The van der Waals surface area contributed by atoms with E-state index in [1.165, 1.54) is 13.2 Å². The van der Waals surface area contributed by atoms with Crippen LogP contribution in [0.15, 0.2) is 12.1 Å². The number of likely N-dealkylation sites (tertiary alicyclic amines) is 1. The molecule has 1 amide bonds. The van der Waals surface area contributed by atoms with Gasteiger partial charge >= 0.3 is 0 Å². The number of carbonyl (C=O) groups excluding carboxylic acids is 1. The van der Waals surface area contributed by atoms with E-state index in [1.807, 2.05) is 0 Å². The highest BCUT2D eigenvalue weighted by molar-refractivity contribution is 9.14. The highest BCUT2D eigenvalue weighted by Gasteiger charge is 2.40. The van der Waals surface area contributed by atoms with Crippen LogP contribution >= 0.6 is 15.9 Å². The van der Waals surface area contributed by atoms with E-state index in [0.717, 1.165) is 9.38 Å². The SMILES string of the molecule is CON/C=c1/ccc(C(=O)N2CCC(F)(F)C2)n/c1=C(/C)Br. The Hall–Kier alpha value is -1.54. The molecule has 1 aromatic heterocycles. The predicted octanol–water partition coefficient (Wildman–Crippen LogP) is 0.975. The monoisotopic (exact) mass is 375 g/mol. The number of alkyl halides is 2. The molecule has 22 heavy (non-hydrogen) atoms. The molecule has 1 aliphatic rings. The molecule has 1 aliphatic heterocycles. The van der Waals surface area contributed by atoms with Crippen LogP contribution in [0.4, 0.5) is 8.78 Å². The van der Waals surface area contributed by atoms with E-state index in [1.54, 1.807) is 19.2 Å². The number of aromatic nitrogens is 1. The van der Waals surface area contributed by atoms with Crippen LogP contribution in [0.5, 0.6) is 0 Å². The number of carbonyl (C=O) groups is 1. The third kappa shape index (κ3) is 3.80. The average molecular weight is 376 g/mol. The van der Waals surface area contributed by atoms with Crippen molar-refractivity contribution in [2.45, 2.75) is 19.3 Å². The second kappa shape index (κ2) is 6.70. The minimum atomic E-state index is -2.81. The molecule has 1 fully saturated rings. The maximum absolute atomic E-state index is 13.2. The van der Waals surface area contributed by atoms with Crippen LogP contribution < -0.4 is 16.0 Å². The quantitative estimate of drug-likeness (QED) is 0.800. The molecule has 1 N–H and O–H groups in total. The lowest BCUT2D eigenvalue weighted by atomic mass is 10.2. The van der Waals surface area contributed by atoms with Crippen LogP contribution in [0, 0.1) is 0 Å². The second-order valence-electron chi connectivity index (χ2n) is 4.97. The second-order valence-corrected chi connectivity index (χ2v) is 6.16. The van der Waals surface area contributed by atoms with Gasteiger partial charge < -0.3 is 4.90 Å². The summed E-state index contributed by atoms with van der Waals surface area (Å²) in [6, 6.07) is 3.20. The van der Waals surface area contributed by atoms with Crippen molar-refractivity contribution in [3.63, 3.8) is 0 Å². The zero-order chi connectivity index (χ0) is 16.3. The van der Waals surface area contributed by atoms with Gasteiger partial charge in [-0.2, -0.15) is 0 Å². The standard InChI is InChI=1S/C14H16BrF2N3O2/c1-9(15)12-10(7-18-22-2)3-4-11(19-12)13(21)20-6-5-14(16,17)8-20/h3-4,7,18H,5-6,8H2,1-2H3/b10-7-,12-9-. The first kappa shape index (κ1) is 16.8. The van der Waals surface area contributed by atoms with E-state index in [0.29, 0.717) is 10.6 Å². The van der Waals surface area contributed by atoms with Gasteiger partial charge in [0.25, 0.3) is 11.8 Å². The number of nitrogens with one attached hydrogen (secondary N) is 1. The molecule has 8 heteroatoms. The summed E-state index contributed by atoms with van der Waals surface area (Å²) in [5.41, 5.74) is 2.72. The van der Waals surface area contributed by atoms with Crippen molar-refractivity contribution in [3.05, 3.63) is 28.4 Å². The molecular weight excluding hydrogens is 360 g/mol. The number of nitrogens with zero attached hydrogens (tertiary/aromatic N) is 2. The summed E-state index contributed by atoms with van der Waals surface area (Å²) in [7, 11) is 1.47. The first-order chi connectivity index (χ1) is 10.3. The fourth-order valence-corrected chi connectivity index (χ4v) is 2.49. The Labute approximate surface area is 134 Å². The molecule has 120 valence electrons. The maximum atomic E-state index is 13.2. The van der Waals surface area contributed by atoms with Gasteiger partial charge in [-0.3, -0.25) is 15.1 Å². The third-order valence-electron chi connectivity index (χ3n) is 3.26. The average Bonchev–Trinajstić information content (AvgIpc) is 2.84. The van der Waals surface area contributed by atoms with Gasteiger partial charge in [-0.1, -0.05) is 15.9 Å². The molecule has 5 nitrogen and oxygen atoms in total. The van der Waals surface area contributed by atoms with Crippen LogP contribution in [0.3, 0.4) is 0 Å². The van der Waals surface area contributed by atoms with Gasteiger partial charge in [0.2, 0.25) is 0 Å². The Balaban J connectivity index is 2.36.